The highest BCUT2D eigenvalue weighted by Crippen LogP contribution is 2.57. The van der Waals surface area contributed by atoms with Crippen molar-refractivity contribution in [3.05, 3.63) is 40.3 Å². The summed E-state index contributed by atoms with van der Waals surface area (Å²) >= 11 is 0. The monoisotopic (exact) mass is 433 g/mol. The van der Waals surface area contributed by atoms with Gasteiger partial charge in [0, 0.05) is 24.2 Å². The number of carbonyl (C=O) groups is 1. The lowest BCUT2D eigenvalue weighted by molar-refractivity contribution is -0.0938. The van der Waals surface area contributed by atoms with Crippen molar-refractivity contribution in [2.45, 2.75) is 82.0 Å². The van der Waals surface area contributed by atoms with Crippen LogP contribution in [0.5, 0.6) is 0 Å². The van der Waals surface area contributed by atoms with Crippen LogP contribution in [0.4, 0.5) is 0 Å². The van der Waals surface area contributed by atoms with Crippen LogP contribution in [0.25, 0.3) is 11.0 Å². The minimum Gasteiger partial charge on any atom is -0.476 e. The molecule has 6 nitrogen and oxygen atoms in total. The van der Waals surface area contributed by atoms with E-state index >= 15 is 0 Å². The first kappa shape index (κ1) is 19.3. The second-order valence-electron chi connectivity index (χ2n) is 11.3. The molecule has 8 rings (SSSR count). The standard InChI is InChI=1S/C26H31N3O3/c30-25-23(26(31)32)27-21-3-1-2-4-22(21)29(25)20-12-18-5-6-19(13-20)28(18)24-16-8-14-7-15(10-16)11-17(24)9-14/h1-4,14-20,24H,5-13H2,(H,31,32)/t14?,15?,16?,17?,18-,19+,20?,24?. The van der Waals surface area contributed by atoms with Gasteiger partial charge in [-0.3, -0.25) is 9.69 Å². The highest BCUT2D eigenvalue weighted by atomic mass is 16.4. The molecule has 168 valence electrons. The predicted molar refractivity (Wildman–Crippen MR) is 121 cm³/mol. The molecule has 1 aromatic heterocycles. The Kier molecular flexibility index (Phi) is 4.15. The number of benzene rings is 1. The summed E-state index contributed by atoms with van der Waals surface area (Å²) in [5.41, 5.74) is 0.582. The third kappa shape index (κ3) is 2.71. The van der Waals surface area contributed by atoms with E-state index in [0.29, 0.717) is 17.6 Å². The molecule has 0 amide bonds. The normalized spacial score (nSPS) is 40.2. The van der Waals surface area contributed by atoms with Gasteiger partial charge in [0.15, 0.2) is 0 Å². The summed E-state index contributed by atoms with van der Waals surface area (Å²) in [5, 5.41) is 9.61. The molecule has 4 saturated carbocycles. The van der Waals surface area contributed by atoms with Gasteiger partial charge in [-0.05, 0) is 93.6 Å². The number of carboxylic acid groups (broad SMARTS) is 1. The maximum atomic E-state index is 13.2. The average molecular weight is 434 g/mol. The molecule has 2 aromatic rings. The Morgan fingerprint density at radius 1 is 0.875 bits per heavy atom. The molecule has 2 aliphatic heterocycles. The zero-order valence-electron chi connectivity index (χ0n) is 18.4. The fraction of sp³-hybridized carbons (Fsp3) is 0.654. The number of nitrogens with zero attached hydrogens (tertiary/aromatic N) is 3. The summed E-state index contributed by atoms with van der Waals surface area (Å²) in [6.45, 7) is 0. The van der Waals surface area contributed by atoms with E-state index in [2.05, 4.69) is 9.88 Å². The summed E-state index contributed by atoms with van der Waals surface area (Å²) in [6, 6.07) is 9.35. The van der Waals surface area contributed by atoms with Crippen molar-refractivity contribution >= 4 is 17.0 Å². The molecule has 6 fully saturated rings. The lowest BCUT2D eigenvalue weighted by atomic mass is 9.53. The Morgan fingerprint density at radius 3 is 2.12 bits per heavy atom. The third-order valence-corrected chi connectivity index (χ3v) is 9.65. The largest absolute Gasteiger partial charge is 0.476 e. The summed E-state index contributed by atoms with van der Waals surface area (Å²) in [7, 11) is 0. The lowest BCUT2D eigenvalue weighted by Gasteiger charge is -2.59. The zero-order valence-corrected chi connectivity index (χ0v) is 18.4. The van der Waals surface area contributed by atoms with Gasteiger partial charge in [0.2, 0.25) is 5.69 Å². The van der Waals surface area contributed by atoms with E-state index < -0.39 is 11.5 Å². The molecule has 2 saturated heterocycles. The SMILES string of the molecule is O=C(O)c1nc2ccccc2n(C2C[C@H]3CC[C@@H](C2)N3C2C3CC4CC(C3)CC2C4)c1=O. The van der Waals surface area contributed by atoms with Gasteiger partial charge < -0.3 is 9.67 Å². The van der Waals surface area contributed by atoms with Crippen molar-refractivity contribution in [1.29, 1.82) is 0 Å². The van der Waals surface area contributed by atoms with Gasteiger partial charge in [0.1, 0.15) is 0 Å². The number of carboxylic acids is 1. The number of rotatable bonds is 3. The Bertz CT molecular complexity index is 1110. The van der Waals surface area contributed by atoms with E-state index in [0.717, 1.165) is 48.1 Å². The van der Waals surface area contributed by atoms with Crippen molar-refractivity contribution in [1.82, 2.24) is 14.5 Å². The lowest BCUT2D eigenvalue weighted by Crippen LogP contribution is -2.60. The molecular weight excluding hydrogens is 402 g/mol. The minimum absolute atomic E-state index is 0.0547. The quantitative estimate of drug-likeness (QED) is 0.789. The molecule has 3 atom stereocenters. The first-order valence-corrected chi connectivity index (χ1v) is 12.6. The molecule has 1 unspecified atom stereocenters. The van der Waals surface area contributed by atoms with Gasteiger partial charge in [-0.25, -0.2) is 9.78 Å². The fourth-order valence-electron chi connectivity index (χ4n) is 8.92. The van der Waals surface area contributed by atoms with Crippen LogP contribution in [0.2, 0.25) is 0 Å². The van der Waals surface area contributed by atoms with Gasteiger partial charge in [0.25, 0.3) is 5.56 Å². The topological polar surface area (TPSA) is 75.4 Å². The Morgan fingerprint density at radius 2 is 1.50 bits per heavy atom. The van der Waals surface area contributed by atoms with Gasteiger partial charge in [-0.2, -0.15) is 0 Å². The highest BCUT2D eigenvalue weighted by Gasteiger charge is 2.55. The highest BCUT2D eigenvalue weighted by molar-refractivity contribution is 5.88. The molecule has 32 heavy (non-hydrogen) atoms. The van der Waals surface area contributed by atoms with Crippen molar-refractivity contribution in [3.63, 3.8) is 0 Å². The van der Waals surface area contributed by atoms with Gasteiger partial charge >= 0.3 is 5.97 Å². The number of fused-ring (bicyclic) bond motifs is 4. The second kappa shape index (κ2) is 6.89. The summed E-state index contributed by atoms with van der Waals surface area (Å²) in [5.74, 6) is 2.51. The number of aromatic carboxylic acids is 1. The molecule has 1 N–H and O–H groups in total. The molecule has 3 heterocycles. The molecule has 0 spiro atoms. The second-order valence-corrected chi connectivity index (χ2v) is 11.3. The van der Waals surface area contributed by atoms with Gasteiger partial charge in [0.05, 0.1) is 11.0 Å². The summed E-state index contributed by atoms with van der Waals surface area (Å²) in [4.78, 5) is 32.1. The maximum Gasteiger partial charge on any atom is 0.360 e. The number of para-hydroxylation sites is 2. The first-order chi connectivity index (χ1) is 15.6. The van der Waals surface area contributed by atoms with E-state index in [1.54, 1.807) is 4.57 Å². The third-order valence-electron chi connectivity index (χ3n) is 9.65. The zero-order chi connectivity index (χ0) is 21.6. The molecule has 1 aromatic carbocycles. The van der Waals surface area contributed by atoms with Crippen molar-refractivity contribution < 1.29 is 9.90 Å². The maximum absolute atomic E-state index is 13.2. The summed E-state index contributed by atoms with van der Waals surface area (Å²) < 4.78 is 1.78. The number of hydrogen-bond donors (Lipinski definition) is 1. The molecule has 6 aliphatic rings. The number of aromatic nitrogens is 2. The molecule has 4 aliphatic carbocycles. The molecule has 0 radical (unpaired) electrons. The van der Waals surface area contributed by atoms with E-state index in [9.17, 15) is 14.7 Å². The van der Waals surface area contributed by atoms with Gasteiger partial charge in [-0.1, -0.05) is 12.1 Å². The van der Waals surface area contributed by atoms with Crippen LogP contribution < -0.4 is 5.56 Å². The van der Waals surface area contributed by atoms with Crippen LogP contribution >= 0.6 is 0 Å². The summed E-state index contributed by atoms with van der Waals surface area (Å²) in [6.07, 6.45) is 11.6. The van der Waals surface area contributed by atoms with E-state index in [1.807, 2.05) is 24.3 Å². The van der Waals surface area contributed by atoms with Crippen molar-refractivity contribution in [3.8, 4) is 0 Å². The van der Waals surface area contributed by atoms with Crippen molar-refractivity contribution in [2.75, 3.05) is 0 Å². The van der Waals surface area contributed by atoms with Gasteiger partial charge in [-0.15, -0.1) is 0 Å². The van der Waals surface area contributed by atoms with Crippen LogP contribution in [0.1, 0.15) is 74.3 Å². The molecule has 6 heteroatoms. The fourth-order valence-corrected chi connectivity index (χ4v) is 8.92. The van der Waals surface area contributed by atoms with Crippen molar-refractivity contribution in [2.24, 2.45) is 23.7 Å². The molecule has 6 bridgehead atoms. The van der Waals surface area contributed by atoms with Crippen LogP contribution in [0, 0.1) is 23.7 Å². The predicted octanol–water partition coefficient (Wildman–Crippen LogP) is 4.09. The average Bonchev–Trinajstić information content (AvgIpc) is 3.01. The minimum atomic E-state index is -1.23. The Labute approximate surface area is 187 Å². The smallest absolute Gasteiger partial charge is 0.360 e. The van der Waals surface area contributed by atoms with Crippen LogP contribution in [-0.2, 0) is 0 Å². The number of hydrogen-bond acceptors (Lipinski definition) is 4. The number of piperidine rings is 1. The van der Waals surface area contributed by atoms with E-state index in [-0.39, 0.29) is 11.7 Å². The Hall–Kier alpha value is -2.21. The van der Waals surface area contributed by atoms with Crippen LogP contribution in [-0.4, -0.2) is 43.7 Å². The Balaban J connectivity index is 1.24. The molecular formula is C26H31N3O3. The van der Waals surface area contributed by atoms with E-state index in [4.69, 9.17) is 0 Å². The first-order valence-electron chi connectivity index (χ1n) is 12.6. The van der Waals surface area contributed by atoms with E-state index in [1.165, 1.54) is 44.9 Å². The van der Waals surface area contributed by atoms with Crippen LogP contribution in [0.3, 0.4) is 0 Å². The van der Waals surface area contributed by atoms with Crippen LogP contribution in [0.15, 0.2) is 29.1 Å².